The van der Waals surface area contributed by atoms with Crippen molar-refractivity contribution in [3.05, 3.63) is 66.2 Å². The maximum Gasteiger partial charge on any atom is 0.284 e. The number of nitrogens with zero attached hydrogens (tertiary/aromatic N) is 1. The number of fused-ring (bicyclic) bond motifs is 2. The van der Waals surface area contributed by atoms with E-state index < -0.39 is 12.0 Å². The predicted octanol–water partition coefficient (Wildman–Crippen LogP) is 2.84. The molecule has 6 heteroatoms. The number of hydrazone groups is 1. The van der Waals surface area contributed by atoms with Crippen LogP contribution in [0, 0.1) is 0 Å². The van der Waals surface area contributed by atoms with Crippen molar-refractivity contribution in [2.45, 2.75) is 6.10 Å². The molecule has 6 nitrogen and oxygen atoms in total. The molecule has 0 aliphatic carbocycles. The number of amides is 1. The number of hydrogen-bond donors (Lipinski definition) is 2. The first-order valence-corrected chi connectivity index (χ1v) is 8.14. The van der Waals surface area contributed by atoms with Gasteiger partial charge in [0.05, 0.1) is 6.21 Å². The normalized spacial score (nSPS) is 15.9. The highest BCUT2D eigenvalue weighted by molar-refractivity contribution is 6.02. The monoisotopic (exact) mass is 348 g/mol. The number of hydrogen-bond acceptors (Lipinski definition) is 5. The highest BCUT2D eigenvalue weighted by Crippen LogP contribution is 2.31. The lowest BCUT2D eigenvalue weighted by Crippen LogP contribution is -2.42. The number of phenols is 1. The number of para-hydroxylation sites is 2. The number of benzene rings is 3. The van der Waals surface area contributed by atoms with Crippen molar-refractivity contribution in [3.63, 3.8) is 0 Å². The van der Waals surface area contributed by atoms with Gasteiger partial charge in [-0.05, 0) is 29.0 Å². The summed E-state index contributed by atoms with van der Waals surface area (Å²) in [4.78, 5) is 12.3. The van der Waals surface area contributed by atoms with E-state index in [-0.39, 0.29) is 12.4 Å². The fourth-order valence-corrected chi connectivity index (χ4v) is 2.80. The molecule has 3 aromatic rings. The average Bonchev–Trinajstić information content (AvgIpc) is 2.69. The number of ether oxygens (including phenoxy) is 2. The van der Waals surface area contributed by atoms with E-state index in [9.17, 15) is 9.90 Å². The van der Waals surface area contributed by atoms with Gasteiger partial charge < -0.3 is 14.6 Å². The van der Waals surface area contributed by atoms with Gasteiger partial charge in [0.25, 0.3) is 5.91 Å². The molecule has 1 unspecified atom stereocenters. The highest BCUT2D eigenvalue weighted by atomic mass is 16.6. The summed E-state index contributed by atoms with van der Waals surface area (Å²) < 4.78 is 11.2. The third-order valence-corrected chi connectivity index (χ3v) is 4.12. The molecule has 0 radical (unpaired) electrons. The van der Waals surface area contributed by atoms with Gasteiger partial charge in [0, 0.05) is 5.56 Å². The molecule has 26 heavy (non-hydrogen) atoms. The third-order valence-electron chi connectivity index (χ3n) is 4.12. The Bertz CT molecular complexity index is 1000. The van der Waals surface area contributed by atoms with Crippen molar-refractivity contribution < 1.29 is 19.4 Å². The van der Waals surface area contributed by atoms with E-state index >= 15 is 0 Å². The fraction of sp³-hybridized carbons (Fsp3) is 0.100. The smallest absolute Gasteiger partial charge is 0.284 e. The van der Waals surface area contributed by atoms with Crippen molar-refractivity contribution in [1.82, 2.24) is 5.43 Å². The van der Waals surface area contributed by atoms with Crippen LogP contribution in [0.2, 0.25) is 0 Å². The zero-order chi connectivity index (χ0) is 17.9. The van der Waals surface area contributed by atoms with Crippen molar-refractivity contribution in [2.75, 3.05) is 6.61 Å². The van der Waals surface area contributed by atoms with Gasteiger partial charge in [-0.2, -0.15) is 5.10 Å². The minimum absolute atomic E-state index is 0.0906. The van der Waals surface area contributed by atoms with E-state index in [1.165, 1.54) is 6.21 Å². The summed E-state index contributed by atoms with van der Waals surface area (Å²) >= 11 is 0. The van der Waals surface area contributed by atoms with Crippen molar-refractivity contribution in [3.8, 4) is 17.2 Å². The van der Waals surface area contributed by atoms with Crippen LogP contribution in [0.5, 0.6) is 17.2 Å². The lowest BCUT2D eigenvalue weighted by Gasteiger charge is -2.24. The topological polar surface area (TPSA) is 80.2 Å². The Labute approximate surface area is 149 Å². The quantitative estimate of drug-likeness (QED) is 0.563. The largest absolute Gasteiger partial charge is 0.507 e. The molecule has 1 amide bonds. The van der Waals surface area contributed by atoms with Gasteiger partial charge >= 0.3 is 0 Å². The molecule has 0 fully saturated rings. The van der Waals surface area contributed by atoms with Crippen LogP contribution in [0.15, 0.2) is 65.8 Å². The first-order valence-electron chi connectivity index (χ1n) is 8.14. The standard InChI is InChI=1S/C20H16N2O4/c23-16-10-9-13-5-1-2-6-14(13)15(16)11-21-22-20(24)19-12-25-17-7-3-4-8-18(17)26-19/h1-11,19,23H,12H2,(H,22,24)/b21-11-. The van der Waals surface area contributed by atoms with Crippen LogP contribution < -0.4 is 14.9 Å². The molecular formula is C20H16N2O4. The highest BCUT2D eigenvalue weighted by Gasteiger charge is 2.27. The van der Waals surface area contributed by atoms with Crippen molar-refractivity contribution in [2.24, 2.45) is 5.10 Å². The van der Waals surface area contributed by atoms with Crippen molar-refractivity contribution in [1.29, 1.82) is 0 Å². The maximum absolute atomic E-state index is 12.3. The lowest BCUT2D eigenvalue weighted by molar-refractivity contribution is -0.130. The molecule has 0 spiro atoms. The van der Waals surface area contributed by atoms with Gasteiger partial charge in [0.15, 0.2) is 11.5 Å². The second-order valence-electron chi connectivity index (χ2n) is 5.82. The fourth-order valence-electron chi connectivity index (χ4n) is 2.80. The molecule has 1 heterocycles. The average molecular weight is 348 g/mol. The van der Waals surface area contributed by atoms with Crippen LogP contribution in [0.4, 0.5) is 0 Å². The van der Waals surface area contributed by atoms with Gasteiger partial charge in [-0.3, -0.25) is 4.79 Å². The van der Waals surface area contributed by atoms with Gasteiger partial charge in [-0.15, -0.1) is 0 Å². The van der Waals surface area contributed by atoms with E-state index in [0.29, 0.717) is 17.1 Å². The third kappa shape index (κ3) is 3.04. The Balaban J connectivity index is 1.48. The summed E-state index contributed by atoms with van der Waals surface area (Å²) in [5.74, 6) is 0.804. The van der Waals surface area contributed by atoms with E-state index in [1.54, 1.807) is 18.2 Å². The molecule has 0 saturated heterocycles. The Morgan fingerprint density at radius 1 is 1.08 bits per heavy atom. The minimum atomic E-state index is -0.789. The van der Waals surface area contributed by atoms with Crippen LogP contribution in [0.3, 0.4) is 0 Å². The van der Waals surface area contributed by atoms with Crippen LogP contribution in [0.25, 0.3) is 10.8 Å². The van der Waals surface area contributed by atoms with E-state index in [2.05, 4.69) is 10.5 Å². The Morgan fingerprint density at radius 2 is 1.85 bits per heavy atom. The SMILES string of the molecule is O=C(N/N=C\c1c(O)ccc2ccccc12)C1COc2ccccc2O1. The van der Waals surface area contributed by atoms with Gasteiger partial charge in [0.2, 0.25) is 6.10 Å². The van der Waals surface area contributed by atoms with Crippen LogP contribution in [-0.4, -0.2) is 29.9 Å². The first kappa shape index (κ1) is 16.0. The molecular weight excluding hydrogens is 332 g/mol. The zero-order valence-corrected chi connectivity index (χ0v) is 13.8. The Kier molecular flexibility index (Phi) is 4.15. The minimum Gasteiger partial charge on any atom is -0.507 e. The van der Waals surface area contributed by atoms with Crippen LogP contribution >= 0.6 is 0 Å². The molecule has 130 valence electrons. The second kappa shape index (κ2) is 6.76. The summed E-state index contributed by atoms with van der Waals surface area (Å²) in [5.41, 5.74) is 2.97. The first-order chi connectivity index (χ1) is 12.7. The number of carbonyl (C=O) groups excluding carboxylic acids is 1. The van der Waals surface area contributed by atoms with E-state index in [0.717, 1.165) is 10.8 Å². The summed E-state index contributed by atoms with van der Waals surface area (Å²) in [6, 6.07) is 18.2. The predicted molar refractivity (Wildman–Crippen MR) is 97.7 cm³/mol. The van der Waals surface area contributed by atoms with Crippen LogP contribution in [0.1, 0.15) is 5.56 Å². The van der Waals surface area contributed by atoms with Gasteiger partial charge in [-0.1, -0.05) is 42.5 Å². The molecule has 2 N–H and O–H groups in total. The summed E-state index contributed by atoms with van der Waals surface area (Å²) in [5, 5.41) is 15.9. The zero-order valence-electron chi connectivity index (χ0n) is 13.8. The number of rotatable bonds is 3. The summed E-state index contributed by atoms with van der Waals surface area (Å²) in [6.07, 6.45) is 0.635. The number of phenolic OH excluding ortho intramolecular Hbond substituents is 1. The molecule has 1 aliphatic rings. The molecule has 0 bridgehead atoms. The van der Waals surface area contributed by atoms with E-state index in [1.807, 2.05) is 42.5 Å². The van der Waals surface area contributed by atoms with Crippen molar-refractivity contribution >= 4 is 22.9 Å². The van der Waals surface area contributed by atoms with Crippen LogP contribution in [-0.2, 0) is 4.79 Å². The Hall–Kier alpha value is -3.54. The number of nitrogens with one attached hydrogen (secondary N) is 1. The maximum atomic E-state index is 12.3. The number of aromatic hydroxyl groups is 1. The Morgan fingerprint density at radius 3 is 2.73 bits per heavy atom. The molecule has 3 aromatic carbocycles. The lowest BCUT2D eigenvalue weighted by atomic mass is 10.0. The second-order valence-corrected chi connectivity index (χ2v) is 5.82. The molecule has 1 atom stereocenters. The molecule has 0 aromatic heterocycles. The molecule has 1 aliphatic heterocycles. The van der Waals surface area contributed by atoms with E-state index in [4.69, 9.17) is 9.47 Å². The van der Waals surface area contributed by atoms with Gasteiger partial charge in [0.1, 0.15) is 12.4 Å². The summed E-state index contributed by atoms with van der Waals surface area (Å²) in [7, 11) is 0. The molecule has 0 saturated carbocycles. The summed E-state index contributed by atoms with van der Waals surface area (Å²) in [6.45, 7) is 0.109. The molecule has 4 rings (SSSR count). The van der Waals surface area contributed by atoms with Gasteiger partial charge in [-0.25, -0.2) is 5.43 Å². The number of carbonyl (C=O) groups is 1.